The first kappa shape index (κ1) is 17.0. The van der Waals surface area contributed by atoms with Gasteiger partial charge >= 0.3 is 0 Å². The van der Waals surface area contributed by atoms with Crippen LogP contribution in [0.2, 0.25) is 0 Å². The molecule has 2 aromatic rings. The third-order valence-electron chi connectivity index (χ3n) is 4.51. The first-order valence-corrected chi connectivity index (χ1v) is 10.0. The molecule has 24 heavy (non-hydrogen) atoms. The summed E-state index contributed by atoms with van der Waals surface area (Å²) in [7, 11) is -3.14. The molecule has 128 valence electrons. The van der Waals surface area contributed by atoms with Crippen molar-refractivity contribution in [2.45, 2.75) is 19.4 Å². The summed E-state index contributed by atoms with van der Waals surface area (Å²) in [6.07, 6.45) is 7.24. The van der Waals surface area contributed by atoms with E-state index in [2.05, 4.69) is 15.7 Å². The molecule has 3 heterocycles. The molecule has 6 nitrogen and oxygen atoms in total. The number of hydrogen-bond acceptors (Lipinski definition) is 4. The van der Waals surface area contributed by atoms with E-state index in [9.17, 15) is 13.7 Å². The molecule has 7 heteroatoms. The summed E-state index contributed by atoms with van der Waals surface area (Å²) in [6, 6.07) is 8.17. The lowest BCUT2D eigenvalue weighted by molar-refractivity contribution is 0.169. The summed E-state index contributed by atoms with van der Waals surface area (Å²) in [4.78, 5) is 2.31. The molecular formula is C17H22N4O2S. The van der Waals surface area contributed by atoms with Gasteiger partial charge in [-0.15, -0.1) is 0 Å². The van der Waals surface area contributed by atoms with Crippen molar-refractivity contribution in [3.63, 3.8) is 0 Å². The van der Waals surface area contributed by atoms with Crippen LogP contribution >= 0.6 is 0 Å². The standard InChI is InChI=1S/C17H22N4O2S/c1-24(22,23)19-10-14-5-4-7-20(11-14)12-15-13-21-8-3-2-6-17(21)16(15)9-18/h2-3,6,8,13-14,19H,4-5,7,10-12H2,1H3. The van der Waals surface area contributed by atoms with Crippen molar-refractivity contribution in [2.75, 3.05) is 25.9 Å². The van der Waals surface area contributed by atoms with E-state index in [0.717, 1.165) is 49.1 Å². The zero-order valence-electron chi connectivity index (χ0n) is 13.8. The van der Waals surface area contributed by atoms with E-state index in [1.54, 1.807) is 0 Å². The van der Waals surface area contributed by atoms with Crippen molar-refractivity contribution in [1.82, 2.24) is 14.0 Å². The number of fused-ring (bicyclic) bond motifs is 1. The predicted molar refractivity (Wildman–Crippen MR) is 93.0 cm³/mol. The number of pyridine rings is 1. The van der Waals surface area contributed by atoms with Crippen LogP contribution in [0.3, 0.4) is 0 Å². The summed E-state index contributed by atoms with van der Waals surface area (Å²) in [6.45, 7) is 3.03. The number of nitrogens with zero attached hydrogens (tertiary/aromatic N) is 3. The molecule has 1 unspecified atom stereocenters. The van der Waals surface area contributed by atoms with Gasteiger partial charge in [0.1, 0.15) is 6.07 Å². The van der Waals surface area contributed by atoms with E-state index in [1.165, 1.54) is 6.26 Å². The lowest BCUT2D eigenvalue weighted by atomic mass is 9.98. The van der Waals surface area contributed by atoms with Crippen LogP contribution < -0.4 is 4.72 Å². The topological polar surface area (TPSA) is 77.6 Å². The Labute approximate surface area is 142 Å². The fourth-order valence-electron chi connectivity index (χ4n) is 3.40. The van der Waals surface area contributed by atoms with Gasteiger partial charge in [0.2, 0.25) is 10.0 Å². The second-order valence-electron chi connectivity index (χ2n) is 6.50. The molecule has 2 aromatic heterocycles. The van der Waals surface area contributed by atoms with Crippen LogP contribution in [0.15, 0.2) is 30.6 Å². The molecule has 3 rings (SSSR count). The van der Waals surface area contributed by atoms with E-state index in [-0.39, 0.29) is 0 Å². The Balaban J connectivity index is 1.71. The van der Waals surface area contributed by atoms with Crippen LogP contribution in [0.5, 0.6) is 0 Å². The maximum atomic E-state index is 11.3. The minimum atomic E-state index is -3.14. The van der Waals surface area contributed by atoms with Gasteiger partial charge in [0.05, 0.1) is 17.3 Å². The minimum Gasteiger partial charge on any atom is -0.322 e. The van der Waals surface area contributed by atoms with E-state index >= 15 is 0 Å². The lowest BCUT2D eigenvalue weighted by Crippen LogP contribution is -2.40. The van der Waals surface area contributed by atoms with Gasteiger partial charge in [-0.1, -0.05) is 6.07 Å². The molecule has 1 fully saturated rings. The van der Waals surface area contributed by atoms with Crippen LogP contribution in [0.25, 0.3) is 5.52 Å². The van der Waals surface area contributed by atoms with Crippen molar-refractivity contribution < 1.29 is 8.42 Å². The zero-order valence-corrected chi connectivity index (χ0v) is 14.6. The van der Waals surface area contributed by atoms with Gasteiger partial charge < -0.3 is 4.40 Å². The molecule has 0 bridgehead atoms. The molecule has 1 aliphatic heterocycles. The number of nitrogens with one attached hydrogen (secondary N) is 1. The van der Waals surface area contributed by atoms with Gasteiger partial charge in [-0.2, -0.15) is 5.26 Å². The molecule has 1 atom stereocenters. The monoisotopic (exact) mass is 346 g/mol. The third kappa shape index (κ3) is 3.96. The van der Waals surface area contributed by atoms with Crippen molar-refractivity contribution in [3.8, 4) is 6.07 Å². The second-order valence-corrected chi connectivity index (χ2v) is 8.33. The molecule has 0 aliphatic carbocycles. The molecular weight excluding hydrogens is 324 g/mol. The Kier molecular flexibility index (Phi) is 4.90. The summed E-state index contributed by atoms with van der Waals surface area (Å²) >= 11 is 0. The molecule has 0 spiro atoms. The van der Waals surface area contributed by atoms with E-state index < -0.39 is 10.0 Å². The van der Waals surface area contributed by atoms with E-state index in [4.69, 9.17) is 0 Å². The number of aromatic nitrogens is 1. The molecule has 1 aliphatic rings. The Morgan fingerprint density at radius 1 is 1.42 bits per heavy atom. The molecule has 1 N–H and O–H groups in total. The van der Waals surface area contributed by atoms with Gasteiger partial charge in [0, 0.05) is 37.6 Å². The average molecular weight is 346 g/mol. The number of sulfonamides is 1. The van der Waals surface area contributed by atoms with Gasteiger partial charge in [0.15, 0.2) is 0 Å². The predicted octanol–water partition coefficient (Wildman–Crippen LogP) is 1.57. The fraction of sp³-hybridized carbons (Fsp3) is 0.471. The van der Waals surface area contributed by atoms with Crippen LogP contribution in [0.4, 0.5) is 0 Å². The summed E-state index contributed by atoms with van der Waals surface area (Å²) in [5.41, 5.74) is 2.69. The first-order chi connectivity index (χ1) is 11.5. The minimum absolute atomic E-state index is 0.316. The van der Waals surface area contributed by atoms with Gasteiger partial charge in [-0.3, -0.25) is 4.90 Å². The molecule has 0 radical (unpaired) electrons. The van der Waals surface area contributed by atoms with Crippen LogP contribution in [0.1, 0.15) is 24.0 Å². The fourth-order valence-corrected chi connectivity index (χ4v) is 3.94. The largest absolute Gasteiger partial charge is 0.322 e. The van der Waals surface area contributed by atoms with Crippen LogP contribution in [-0.4, -0.2) is 43.6 Å². The number of nitriles is 1. The molecule has 1 saturated heterocycles. The molecule has 0 amide bonds. The maximum Gasteiger partial charge on any atom is 0.208 e. The Bertz CT molecular complexity index is 866. The third-order valence-corrected chi connectivity index (χ3v) is 5.20. The summed E-state index contributed by atoms with van der Waals surface area (Å²) in [5.74, 6) is 0.316. The van der Waals surface area contributed by atoms with Crippen molar-refractivity contribution in [3.05, 3.63) is 41.7 Å². The first-order valence-electron chi connectivity index (χ1n) is 8.12. The Morgan fingerprint density at radius 3 is 3.00 bits per heavy atom. The van der Waals surface area contributed by atoms with Crippen LogP contribution in [-0.2, 0) is 16.6 Å². The number of likely N-dealkylation sites (tertiary alicyclic amines) is 1. The highest BCUT2D eigenvalue weighted by Crippen LogP contribution is 2.23. The smallest absolute Gasteiger partial charge is 0.208 e. The summed E-state index contributed by atoms with van der Waals surface area (Å²) in [5, 5.41) is 9.50. The quantitative estimate of drug-likeness (QED) is 0.891. The highest BCUT2D eigenvalue weighted by molar-refractivity contribution is 7.88. The van der Waals surface area contributed by atoms with Gasteiger partial charge in [0.25, 0.3) is 0 Å². The van der Waals surface area contributed by atoms with E-state index in [0.29, 0.717) is 12.5 Å². The molecule has 0 saturated carbocycles. The SMILES string of the molecule is CS(=O)(=O)NCC1CCCN(Cc2cn3ccccc3c2C#N)C1. The number of piperidine rings is 1. The van der Waals surface area contributed by atoms with Crippen molar-refractivity contribution in [1.29, 1.82) is 5.26 Å². The summed E-state index contributed by atoms with van der Waals surface area (Å²) < 4.78 is 27.1. The average Bonchev–Trinajstić information content (AvgIpc) is 2.89. The van der Waals surface area contributed by atoms with E-state index in [1.807, 2.05) is 35.0 Å². The zero-order chi connectivity index (χ0) is 17.2. The van der Waals surface area contributed by atoms with Gasteiger partial charge in [-0.25, -0.2) is 13.1 Å². The highest BCUT2D eigenvalue weighted by atomic mass is 32.2. The Morgan fingerprint density at radius 2 is 2.25 bits per heavy atom. The Hall–Kier alpha value is -1.88. The van der Waals surface area contributed by atoms with Crippen molar-refractivity contribution in [2.24, 2.45) is 5.92 Å². The number of hydrogen-bond donors (Lipinski definition) is 1. The second kappa shape index (κ2) is 6.93. The highest BCUT2D eigenvalue weighted by Gasteiger charge is 2.22. The maximum absolute atomic E-state index is 11.3. The van der Waals surface area contributed by atoms with Gasteiger partial charge in [-0.05, 0) is 37.4 Å². The van der Waals surface area contributed by atoms with Crippen molar-refractivity contribution >= 4 is 15.5 Å². The van der Waals surface area contributed by atoms with Crippen LogP contribution in [0, 0.1) is 17.2 Å². The normalized spacial score (nSPS) is 19.4. The molecule has 0 aromatic carbocycles. The lowest BCUT2D eigenvalue weighted by Gasteiger charge is -2.32. The number of rotatable bonds is 5.